The number of aliphatic imine (C=N–C) groups is 1. The van der Waals surface area contributed by atoms with Gasteiger partial charge < -0.3 is 19.9 Å². The van der Waals surface area contributed by atoms with Gasteiger partial charge in [0.2, 0.25) is 0 Å². The molecule has 1 aromatic rings. The van der Waals surface area contributed by atoms with Crippen molar-refractivity contribution in [3.05, 3.63) is 23.8 Å². The van der Waals surface area contributed by atoms with E-state index in [-0.39, 0.29) is 11.9 Å². The van der Waals surface area contributed by atoms with Crippen LogP contribution in [-0.4, -0.2) is 36.0 Å². The summed E-state index contributed by atoms with van der Waals surface area (Å²) in [4.78, 5) is 28.1. The lowest BCUT2D eigenvalue weighted by Gasteiger charge is -2.30. The van der Waals surface area contributed by atoms with Gasteiger partial charge in [0.25, 0.3) is 0 Å². The summed E-state index contributed by atoms with van der Waals surface area (Å²) >= 11 is 0. The van der Waals surface area contributed by atoms with Gasteiger partial charge in [-0.05, 0) is 38.0 Å². The zero-order valence-electron chi connectivity index (χ0n) is 14.2. The number of hydrogen-bond donors (Lipinski definition) is 2. The maximum absolute atomic E-state index is 12.5. The number of esters is 1. The number of carbonyl (C=O) groups is 2. The number of ether oxygens (including phenoxy) is 2. The Balaban J connectivity index is 2.37. The Hall–Kier alpha value is -2.57. The fraction of sp³-hybridized carbons (Fsp3) is 0.471. The van der Waals surface area contributed by atoms with Gasteiger partial charge in [-0.3, -0.25) is 4.79 Å². The molecule has 1 heterocycles. The summed E-state index contributed by atoms with van der Waals surface area (Å²) in [5.41, 5.74) is 0.953. The van der Waals surface area contributed by atoms with Crippen LogP contribution >= 0.6 is 0 Å². The van der Waals surface area contributed by atoms with E-state index in [1.807, 2.05) is 6.92 Å². The summed E-state index contributed by atoms with van der Waals surface area (Å²) in [7, 11) is 1.44. The predicted octanol–water partition coefficient (Wildman–Crippen LogP) is 2.58. The molecule has 0 spiro atoms. The molecule has 7 heteroatoms. The molecule has 0 fully saturated rings. The van der Waals surface area contributed by atoms with Crippen LogP contribution in [0.5, 0.6) is 11.5 Å². The van der Waals surface area contributed by atoms with Crippen LogP contribution in [-0.2, 0) is 9.53 Å². The van der Waals surface area contributed by atoms with Crippen molar-refractivity contribution in [2.75, 3.05) is 7.11 Å². The van der Waals surface area contributed by atoms with Crippen molar-refractivity contribution >= 4 is 17.7 Å². The van der Waals surface area contributed by atoms with Crippen LogP contribution in [0.25, 0.3) is 0 Å². The van der Waals surface area contributed by atoms with E-state index < -0.39 is 24.0 Å². The van der Waals surface area contributed by atoms with E-state index in [1.54, 1.807) is 26.0 Å². The molecule has 24 heavy (non-hydrogen) atoms. The Morgan fingerprint density at radius 3 is 2.75 bits per heavy atom. The maximum Gasteiger partial charge on any atom is 0.341 e. The zero-order valence-corrected chi connectivity index (χ0v) is 14.2. The molecule has 1 aliphatic heterocycles. The lowest BCUT2D eigenvalue weighted by atomic mass is 9.88. The third-order valence-electron chi connectivity index (χ3n) is 4.05. The van der Waals surface area contributed by atoms with Crippen molar-refractivity contribution in [2.45, 2.75) is 39.3 Å². The normalized spacial score (nSPS) is 21.5. The number of nitrogens with one attached hydrogen (secondary N) is 1. The van der Waals surface area contributed by atoms with Gasteiger partial charge in [-0.1, -0.05) is 13.0 Å². The molecule has 0 aliphatic carbocycles. The molecular formula is C17H22N2O5. The second kappa shape index (κ2) is 7.33. The maximum atomic E-state index is 12.5. The zero-order chi connectivity index (χ0) is 17.9. The lowest BCUT2D eigenvalue weighted by Crippen LogP contribution is -2.44. The highest BCUT2D eigenvalue weighted by atomic mass is 16.5. The number of rotatable bonds is 5. The van der Waals surface area contributed by atoms with Crippen LogP contribution in [0.1, 0.15) is 38.8 Å². The number of benzene rings is 1. The Morgan fingerprint density at radius 2 is 2.17 bits per heavy atom. The average molecular weight is 334 g/mol. The minimum absolute atomic E-state index is 0.0709. The van der Waals surface area contributed by atoms with Crippen molar-refractivity contribution in [3.63, 3.8) is 0 Å². The number of amides is 2. The number of nitrogens with zero attached hydrogens (tertiary/aromatic N) is 1. The third kappa shape index (κ3) is 3.67. The van der Waals surface area contributed by atoms with Gasteiger partial charge in [-0.25, -0.2) is 9.79 Å². The smallest absolute Gasteiger partial charge is 0.341 e. The second-order valence-corrected chi connectivity index (χ2v) is 5.75. The summed E-state index contributed by atoms with van der Waals surface area (Å²) in [5.74, 6) is -0.959. The van der Waals surface area contributed by atoms with Gasteiger partial charge >= 0.3 is 12.0 Å². The quantitative estimate of drug-likeness (QED) is 0.807. The van der Waals surface area contributed by atoms with Crippen molar-refractivity contribution in [2.24, 2.45) is 10.9 Å². The Kier molecular flexibility index (Phi) is 5.43. The first-order valence-electron chi connectivity index (χ1n) is 7.80. The van der Waals surface area contributed by atoms with Gasteiger partial charge in [-0.2, -0.15) is 0 Å². The molecule has 2 N–H and O–H groups in total. The number of phenols is 1. The monoisotopic (exact) mass is 334 g/mol. The van der Waals surface area contributed by atoms with E-state index in [0.29, 0.717) is 23.4 Å². The van der Waals surface area contributed by atoms with Crippen LogP contribution in [0.3, 0.4) is 0 Å². The van der Waals surface area contributed by atoms with Crippen LogP contribution in [0.15, 0.2) is 23.2 Å². The van der Waals surface area contributed by atoms with E-state index in [9.17, 15) is 14.7 Å². The highest BCUT2D eigenvalue weighted by Crippen LogP contribution is 2.34. The SMILES string of the molecule is CCC(C)OC(=O)C1C(C)=NC(=O)NC1c1ccc(OC)c(O)c1. The molecule has 7 nitrogen and oxygen atoms in total. The fourth-order valence-corrected chi connectivity index (χ4v) is 2.56. The third-order valence-corrected chi connectivity index (χ3v) is 4.05. The molecule has 2 rings (SSSR count). The van der Waals surface area contributed by atoms with Crippen molar-refractivity contribution in [3.8, 4) is 11.5 Å². The van der Waals surface area contributed by atoms with Gasteiger partial charge in [0.05, 0.1) is 19.3 Å². The number of methoxy groups -OCH3 is 1. The molecule has 1 aromatic carbocycles. The molecule has 0 saturated carbocycles. The molecule has 0 radical (unpaired) electrons. The summed E-state index contributed by atoms with van der Waals surface area (Å²) in [6, 6.07) is 3.54. The van der Waals surface area contributed by atoms with Gasteiger partial charge in [0.15, 0.2) is 11.5 Å². The van der Waals surface area contributed by atoms with Gasteiger partial charge in [0.1, 0.15) is 5.92 Å². The molecule has 0 aromatic heterocycles. The Bertz CT molecular complexity index is 671. The van der Waals surface area contributed by atoms with Crippen LogP contribution in [0.2, 0.25) is 0 Å². The fourth-order valence-electron chi connectivity index (χ4n) is 2.56. The van der Waals surface area contributed by atoms with E-state index in [0.717, 1.165) is 0 Å². The molecular weight excluding hydrogens is 312 g/mol. The van der Waals surface area contributed by atoms with Crippen molar-refractivity contribution in [1.29, 1.82) is 0 Å². The molecule has 3 unspecified atom stereocenters. The minimum atomic E-state index is -0.746. The highest BCUT2D eigenvalue weighted by Gasteiger charge is 2.38. The predicted molar refractivity (Wildman–Crippen MR) is 88.4 cm³/mol. The summed E-state index contributed by atoms with van der Waals surface area (Å²) in [5, 5.41) is 12.6. The Morgan fingerprint density at radius 1 is 1.46 bits per heavy atom. The molecule has 0 bridgehead atoms. The van der Waals surface area contributed by atoms with Crippen LogP contribution in [0, 0.1) is 5.92 Å². The first-order chi connectivity index (χ1) is 11.4. The molecule has 0 saturated heterocycles. The standard InChI is InChI=1S/C17H22N2O5/c1-5-9(2)24-16(21)14-10(3)18-17(22)19-15(14)11-6-7-13(23-4)12(20)8-11/h6-9,14-15,20H,5H2,1-4H3,(H,19,22). The number of carbonyl (C=O) groups excluding carboxylic acids is 2. The summed E-state index contributed by atoms with van der Waals surface area (Å²) in [6.45, 7) is 5.35. The lowest BCUT2D eigenvalue weighted by molar-refractivity contribution is -0.151. The molecule has 1 aliphatic rings. The van der Waals surface area contributed by atoms with E-state index in [2.05, 4.69) is 10.3 Å². The number of phenolic OH excluding ortho intramolecular Hbond substituents is 1. The van der Waals surface area contributed by atoms with Crippen LogP contribution < -0.4 is 10.1 Å². The second-order valence-electron chi connectivity index (χ2n) is 5.75. The minimum Gasteiger partial charge on any atom is -0.504 e. The largest absolute Gasteiger partial charge is 0.504 e. The highest BCUT2D eigenvalue weighted by molar-refractivity contribution is 6.08. The van der Waals surface area contributed by atoms with E-state index in [1.165, 1.54) is 13.2 Å². The van der Waals surface area contributed by atoms with Gasteiger partial charge in [-0.15, -0.1) is 0 Å². The first-order valence-corrected chi connectivity index (χ1v) is 7.80. The number of aromatic hydroxyl groups is 1. The molecule has 2 amide bonds. The van der Waals surface area contributed by atoms with E-state index >= 15 is 0 Å². The van der Waals surface area contributed by atoms with Crippen molar-refractivity contribution < 1.29 is 24.2 Å². The number of urea groups is 1. The van der Waals surface area contributed by atoms with Gasteiger partial charge in [0, 0.05) is 5.71 Å². The molecule has 3 atom stereocenters. The Labute approximate surface area is 140 Å². The summed E-state index contributed by atoms with van der Waals surface area (Å²) in [6.07, 6.45) is 0.461. The summed E-state index contributed by atoms with van der Waals surface area (Å²) < 4.78 is 10.4. The van der Waals surface area contributed by atoms with Crippen molar-refractivity contribution in [1.82, 2.24) is 5.32 Å². The number of hydrogen-bond acceptors (Lipinski definition) is 5. The average Bonchev–Trinajstić information content (AvgIpc) is 2.53. The molecule has 130 valence electrons. The topological polar surface area (TPSA) is 97.2 Å². The van der Waals surface area contributed by atoms with Crippen LogP contribution in [0.4, 0.5) is 4.79 Å². The first kappa shape index (κ1) is 17.8. The van der Waals surface area contributed by atoms with E-state index in [4.69, 9.17) is 9.47 Å².